The Morgan fingerprint density at radius 2 is 1.80 bits per heavy atom. The normalized spacial score (nSPS) is 12.8. The van der Waals surface area contributed by atoms with Gasteiger partial charge in [-0.05, 0) is 58.0 Å². The minimum absolute atomic E-state index is 0.0643. The van der Waals surface area contributed by atoms with Crippen molar-refractivity contribution in [2.75, 3.05) is 0 Å². The van der Waals surface area contributed by atoms with Gasteiger partial charge >= 0.3 is 5.69 Å². The van der Waals surface area contributed by atoms with Gasteiger partial charge in [0.05, 0.1) is 15.9 Å². The molecule has 0 aliphatic rings. The van der Waals surface area contributed by atoms with E-state index in [1.165, 1.54) is 9.13 Å². The van der Waals surface area contributed by atoms with E-state index in [2.05, 4.69) is 82.6 Å². The van der Waals surface area contributed by atoms with Crippen molar-refractivity contribution in [3.05, 3.63) is 66.1 Å². The number of rotatable bonds is 2. The molecule has 0 fully saturated rings. The number of imidazole rings is 1. The van der Waals surface area contributed by atoms with Crippen molar-refractivity contribution >= 4 is 65.5 Å². The number of aromatic nitrogens is 2. The molecule has 0 spiro atoms. The van der Waals surface area contributed by atoms with Crippen molar-refractivity contribution in [1.29, 1.82) is 0 Å². The molecule has 3 nitrogen and oxygen atoms in total. The van der Waals surface area contributed by atoms with Crippen molar-refractivity contribution in [3.63, 3.8) is 0 Å². The van der Waals surface area contributed by atoms with Gasteiger partial charge in [-0.15, -0.1) is 0 Å². The van der Waals surface area contributed by atoms with E-state index in [1.54, 1.807) is 0 Å². The molecule has 1 atom stereocenters. The first-order chi connectivity index (χ1) is 9.54. The zero-order valence-electron chi connectivity index (χ0n) is 10.1. The Labute approximate surface area is 145 Å². The highest BCUT2D eigenvalue weighted by atomic mass is 127. The molecular formula is C14H9Br2IN2O. The fourth-order valence-electron chi connectivity index (χ4n) is 2.11. The van der Waals surface area contributed by atoms with Gasteiger partial charge in [0.25, 0.3) is 0 Å². The minimum Gasteiger partial charge on any atom is -0.306 e. The standard InChI is InChI=1S/C14H9Br2IN2O/c15-10-6-12-11(18-14(20)19-12)5-9(10)13(16)7-2-1-3-8(17)4-7/h1-6,13H,(H2,18,19,20). The third-order valence-corrected chi connectivity index (χ3v) is 5.43. The summed E-state index contributed by atoms with van der Waals surface area (Å²) >= 11 is 9.61. The van der Waals surface area contributed by atoms with Crippen LogP contribution < -0.4 is 5.69 Å². The number of hydrogen-bond donors (Lipinski definition) is 2. The Kier molecular flexibility index (Phi) is 4.05. The van der Waals surface area contributed by atoms with Gasteiger partial charge in [0.1, 0.15) is 0 Å². The van der Waals surface area contributed by atoms with E-state index >= 15 is 0 Å². The molecule has 0 aliphatic heterocycles. The van der Waals surface area contributed by atoms with Crippen molar-refractivity contribution in [2.24, 2.45) is 0 Å². The summed E-state index contributed by atoms with van der Waals surface area (Å²) in [5.74, 6) is 0. The number of benzene rings is 2. The largest absolute Gasteiger partial charge is 0.323 e. The van der Waals surface area contributed by atoms with Gasteiger partial charge in [0, 0.05) is 8.04 Å². The Bertz CT molecular complexity index is 841. The molecule has 3 aromatic rings. The van der Waals surface area contributed by atoms with Gasteiger partial charge in [0.15, 0.2) is 0 Å². The summed E-state index contributed by atoms with van der Waals surface area (Å²) in [5, 5.41) is 0. The maximum Gasteiger partial charge on any atom is 0.323 e. The lowest BCUT2D eigenvalue weighted by molar-refractivity contribution is 1.16. The molecule has 2 aromatic carbocycles. The SMILES string of the molecule is O=c1[nH]c2cc(Br)c(C(Br)c3cccc(I)c3)cc2[nH]1. The number of fused-ring (bicyclic) bond motifs is 1. The van der Waals surface area contributed by atoms with Crippen molar-refractivity contribution in [2.45, 2.75) is 4.83 Å². The van der Waals surface area contributed by atoms with Crippen LogP contribution in [0.3, 0.4) is 0 Å². The number of halogens is 3. The van der Waals surface area contributed by atoms with Gasteiger partial charge in [0.2, 0.25) is 0 Å². The second-order valence-corrected chi connectivity index (χ2v) is 7.43. The molecule has 0 saturated carbocycles. The maximum absolute atomic E-state index is 11.4. The third-order valence-electron chi connectivity index (χ3n) is 3.05. The molecular weight excluding hydrogens is 499 g/mol. The average Bonchev–Trinajstić information content (AvgIpc) is 2.76. The predicted molar refractivity (Wildman–Crippen MR) is 96.5 cm³/mol. The third kappa shape index (κ3) is 2.73. The lowest BCUT2D eigenvalue weighted by Crippen LogP contribution is -1.99. The van der Waals surface area contributed by atoms with Crippen LogP contribution in [0.1, 0.15) is 16.0 Å². The second kappa shape index (κ2) is 5.65. The van der Waals surface area contributed by atoms with E-state index in [0.29, 0.717) is 0 Å². The van der Waals surface area contributed by atoms with Crippen LogP contribution in [0.2, 0.25) is 0 Å². The minimum atomic E-state index is -0.190. The molecule has 1 aromatic heterocycles. The Balaban J connectivity index is 2.13. The summed E-state index contributed by atoms with van der Waals surface area (Å²) in [6, 6.07) is 12.2. The first-order valence-corrected chi connectivity index (χ1v) is 8.64. The van der Waals surface area contributed by atoms with E-state index in [1.807, 2.05) is 18.2 Å². The van der Waals surface area contributed by atoms with E-state index in [4.69, 9.17) is 0 Å². The summed E-state index contributed by atoms with van der Waals surface area (Å²) in [6.45, 7) is 0. The van der Waals surface area contributed by atoms with E-state index < -0.39 is 0 Å². The van der Waals surface area contributed by atoms with Crippen LogP contribution in [0.4, 0.5) is 0 Å². The summed E-state index contributed by atoms with van der Waals surface area (Å²) < 4.78 is 2.15. The van der Waals surface area contributed by atoms with Gasteiger partial charge in [-0.3, -0.25) is 0 Å². The van der Waals surface area contributed by atoms with Crippen LogP contribution in [-0.2, 0) is 0 Å². The van der Waals surface area contributed by atoms with E-state index in [0.717, 1.165) is 21.1 Å². The van der Waals surface area contributed by atoms with Crippen LogP contribution in [0.15, 0.2) is 45.7 Å². The Morgan fingerprint density at radius 3 is 2.50 bits per heavy atom. The molecule has 2 N–H and O–H groups in total. The van der Waals surface area contributed by atoms with E-state index in [9.17, 15) is 4.79 Å². The zero-order chi connectivity index (χ0) is 14.3. The van der Waals surface area contributed by atoms with Crippen molar-refractivity contribution < 1.29 is 0 Å². The molecule has 0 bridgehead atoms. The van der Waals surface area contributed by atoms with Crippen LogP contribution >= 0.6 is 54.5 Å². The van der Waals surface area contributed by atoms with E-state index in [-0.39, 0.29) is 10.5 Å². The summed E-state index contributed by atoms with van der Waals surface area (Å²) in [4.78, 5) is 17.0. The summed E-state index contributed by atoms with van der Waals surface area (Å²) in [5.41, 5.74) is 3.67. The molecule has 1 heterocycles. The van der Waals surface area contributed by atoms with Crippen LogP contribution in [0, 0.1) is 3.57 Å². The molecule has 3 rings (SSSR count). The lowest BCUT2D eigenvalue weighted by Gasteiger charge is -2.13. The molecule has 0 amide bonds. The van der Waals surface area contributed by atoms with Crippen molar-refractivity contribution in [1.82, 2.24) is 9.97 Å². The van der Waals surface area contributed by atoms with Crippen molar-refractivity contribution in [3.8, 4) is 0 Å². The average molecular weight is 508 g/mol. The first kappa shape index (κ1) is 14.3. The maximum atomic E-state index is 11.4. The number of nitrogens with one attached hydrogen (secondary N) is 2. The Hall–Kier alpha value is -0.600. The topological polar surface area (TPSA) is 48.6 Å². The van der Waals surface area contributed by atoms with Crippen LogP contribution in [-0.4, -0.2) is 9.97 Å². The lowest BCUT2D eigenvalue weighted by atomic mass is 10.0. The molecule has 0 saturated heterocycles. The highest BCUT2D eigenvalue weighted by Gasteiger charge is 2.15. The fourth-order valence-corrected chi connectivity index (χ4v) is 4.22. The summed E-state index contributed by atoms with van der Waals surface area (Å²) in [7, 11) is 0. The fraction of sp³-hybridized carbons (Fsp3) is 0.0714. The van der Waals surface area contributed by atoms with Gasteiger partial charge in [-0.2, -0.15) is 0 Å². The smallest absolute Gasteiger partial charge is 0.306 e. The zero-order valence-corrected chi connectivity index (χ0v) is 15.4. The molecule has 0 radical (unpaired) electrons. The molecule has 102 valence electrons. The first-order valence-electron chi connectivity index (χ1n) is 5.85. The predicted octanol–water partition coefficient (Wildman–Crippen LogP) is 4.71. The van der Waals surface area contributed by atoms with Crippen LogP contribution in [0.5, 0.6) is 0 Å². The number of hydrogen-bond acceptors (Lipinski definition) is 1. The number of aromatic amines is 2. The molecule has 1 unspecified atom stereocenters. The second-order valence-electron chi connectivity index (χ2n) is 4.42. The summed E-state index contributed by atoms with van der Waals surface area (Å²) in [6.07, 6.45) is 0. The molecule has 6 heteroatoms. The molecule has 0 aliphatic carbocycles. The highest BCUT2D eigenvalue weighted by molar-refractivity contribution is 14.1. The van der Waals surface area contributed by atoms with Crippen LogP contribution in [0.25, 0.3) is 11.0 Å². The van der Waals surface area contributed by atoms with Gasteiger partial charge in [-0.25, -0.2) is 4.79 Å². The van der Waals surface area contributed by atoms with Gasteiger partial charge in [-0.1, -0.05) is 44.0 Å². The Morgan fingerprint density at radius 1 is 1.10 bits per heavy atom. The van der Waals surface area contributed by atoms with Gasteiger partial charge < -0.3 is 9.97 Å². The highest BCUT2D eigenvalue weighted by Crippen LogP contribution is 2.37. The number of H-pyrrole nitrogens is 2. The molecule has 20 heavy (non-hydrogen) atoms. The number of alkyl halides is 1. The monoisotopic (exact) mass is 506 g/mol. The quantitative estimate of drug-likeness (QED) is 0.383.